The summed E-state index contributed by atoms with van der Waals surface area (Å²) in [5.74, 6) is 2.45. The smallest absolute Gasteiger partial charge is 0.0473 e. The van der Waals surface area contributed by atoms with Gasteiger partial charge < -0.3 is 5.32 Å². The van der Waals surface area contributed by atoms with Crippen molar-refractivity contribution >= 4 is 11.8 Å². The third-order valence-corrected chi connectivity index (χ3v) is 5.29. The molecule has 0 amide bonds. The molecule has 1 aliphatic heterocycles. The molecule has 1 fully saturated rings. The number of benzene rings is 1. The third kappa shape index (κ3) is 4.00. The highest BCUT2D eigenvalue weighted by atomic mass is 32.2. The first-order valence-electron chi connectivity index (χ1n) is 7.80. The number of thioether (sulfide) groups is 1. The van der Waals surface area contributed by atoms with Crippen LogP contribution in [0, 0.1) is 0 Å². The summed E-state index contributed by atoms with van der Waals surface area (Å²) < 4.78 is 0. The van der Waals surface area contributed by atoms with Crippen molar-refractivity contribution in [3.05, 3.63) is 35.9 Å². The van der Waals surface area contributed by atoms with Crippen molar-refractivity contribution < 1.29 is 0 Å². The molecular weight excluding hydrogens is 264 g/mol. The minimum absolute atomic E-state index is 0.266. The molecule has 20 heavy (non-hydrogen) atoms. The Morgan fingerprint density at radius 2 is 2.05 bits per heavy atom. The summed E-state index contributed by atoms with van der Waals surface area (Å²) in [4.78, 5) is 2.68. The van der Waals surface area contributed by atoms with Gasteiger partial charge in [0.25, 0.3) is 0 Å². The first kappa shape index (κ1) is 15.9. The molecule has 1 N–H and O–H groups in total. The van der Waals surface area contributed by atoms with Gasteiger partial charge in [-0.05, 0) is 24.7 Å². The standard InChI is InChI=1S/C17H28N2S/c1-4-17(3)14-19(11-12-20-5-2)16(13-18-17)15-9-7-6-8-10-15/h6-10,16,18H,4-5,11-14H2,1-3H3. The molecule has 3 heteroatoms. The van der Waals surface area contributed by atoms with Crippen molar-refractivity contribution in [2.24, 2.45) is 0 Å². The first-order valence-corrected chi connectivity index (χ1v) is 8.96. The molecule has 1 aliphatic rings. The van der Waals surface area contributed by atoms with E-state index in [1.807, 2.05) is 11.8 Å². The molecule has 112 valence electrons. The minimum atomic E-state index is 0.266. The number of hydrogen-bond acceptors (Lipinski definition) is 3. The molecule has 0 spiro atoms. The molecule has 0 aromatic heterocycles. The van der Waals surface area contributed by atoms with Crippen LogP contribution in [0.1, 0.15) is 38.8 Å². The molecule has 2 nitrogen and oxygen atoms in total. The quantitative estimate of drug-likeness (QED) is 0.807. The van der Waals surface area contributed by atoms with Crippen molar-refractivity contribution in [2.45, 2.75) is 38.8 Å². The summed E-state index contributed by atoms with van der Waals surface area (Å²) in [6.45, 7) is 10.3. The van der Waals surface area contributed by atoms with Gasteiger partial charge in [0, 0.05) is 37.0 Å². The van der Waals surface area contributed by atoms with Gasteiger partial charge in [0.15, 0.2) is 0 Å². The van der Waals surface area contributed by atoms with E-state index in [1.54, 1.807) is 0 Å². The monoisotopic (exact) mass is 292 g/mol. The fraction of sp³-hybridized carbons (Fsp3) is 0.647. The lowest BCUT2D eigenvalue weighted by Crippen LogP contribution is -2.59. The van der Waals surface area contributed by atoms with Crippen molar-refractivity contribution in [1.29, 1.82) is 0 Å². The molecule has 1 aromatic rings. The Hall–Kier alpha value is -0.510. The molecule has 1 aromatic carbocycles. The highest BCUT2D eigenvalue weighted by molar-refractivity contribution is 7.99. The molecule has 0 radical (unpaired) electrons. The van der Waals surface area contributed by atoms with Crippen LogP contribution in [0.25, 0.3) is 0 Å². The molecule has 0 saturated carbocycles. The molecule has 2 atom stereocenters. The Kier molecular flexibility index (Phi) is 5.94. The molecular formula is C17H28N2S. The van der Waals surface area contributed by atoms with Crippen LogP contribution in [0.2, 0.25) is 0 Å². The van der Waals surface area contributed by atoms with E-state index in [0.717, 1.165) is 13.1 Å². The zero-order valence-corrected chi connectivity index (χ0v) is 13.9. The highest BCUT2D eigenvalue weighted by Crippen LogP contribution is 2.28. The van der Waals surface area contributed by atoms with E-state index in [2.05, 4.69) is 61.3 Å². The Morgan fingerprint density at radius 1 is 1.30 bits per heavy atom. The van der Waals surface area contributed by atoms with Crippen LogP contribution in [-0.2, 0) is 0 Å². The maximum absolute atomic E-state index is 3.77. The number of hydrogen-bond donors (Lipinski definition) is 1. The van der Waals surface area contributed by atoms with Gasteiger partial charge in [0.2, 0.25) is 0 Å². The average Bonchev–Trinajstić information content (AvgIpc) is 2.49. The molecule has 1 heterocycles. The van der Waals surface area contributed by atoms with Crippen LogP contribution in [0.4, 0.5) is 0 Å². The first-order chi connectivity index (χ1) is 9.68. The fourth-order valence-electron chi connectivity index (χ4n) is 2.89. The van der Waals surface area contributed by atoms with E-state index in [1.165, 1.54) is 30.0 Å². The summed E-state index contributed by atoms with van der Waals surface area (Å²) in [6, 6.07) is 11.5. The predicted molar refractivity (Wildman–Crippen MR) is 90.5 cm³/mol. The molecule has 2 unspecified atom stereocenters. The molecule has 1 saturated heterocycles. The van der Waals surface area contributed by atoms with E-state index >= 15 is 0 Å². The SMILES string of the molecule is CCSCCN1CC(C)(CC)NCC1c1ccccc1. The Bertz CT molecular complexity index is 395. The van der Waals surface area contributed by atoms with Crippen molar-refractivity contribution in [1.82, 2.24) is 10.2 Å². The number of nitrogens with zero attached hydrogens (tertiary/aromatic N) is 1. The molecule has 0 aliphatic carbocycles. The second kappa shape index (κ2) is 7.48. The van der Waals surface area contributed by atoms with Gasteiger partial charge in [0.1, 0.15) is 0 Å². The van der Waals surface area contributed by atoms with Crippen LogP contribution in [-0.4, -0.2) is 41.6 Å². The van der Waals surface area contributed by atoms with E-state index in [-0.39, 0.29) is 5.54 Å². The van der Waals surface area contributed by atoms with Crippen LogP contribution in [0.5, 0.6) is 0 Å². The Labute approximate surface area is 128 Å². The van der Waals surface area contributed by atoms with Crippen LogP contribution >= 0.6 is 11.8 Å². The predicted octanol–water partition coefficient (Wildman–Crippen LogP) is 3.55. The van der Waals surface area contributed by atoms with Gasteiger partial charge in [-0.15, -0.1) is 0 Å². The van der Waals surface area contributed by atoms with Crippen molar-refractivity contribution in [3.63, 3.8) is 0 Å². The van der Waals surface area contributed by atoms with Gasteiger partial charge in [-0.1, -0.05) is 44.2 Å². The summed E-state index contributed by atoms with van der Waals surface area (Å²) >= 11 is 2.04. The van der Waals surface area contributed by atoms with Gasteiger partial charge in [-0.3, -0.25) is 4.90 Å². The fourth-order valence-corrected chi connectivity index (χ4v) is 3.54. The van der Waals surface area contributed by atoms with Crippen LogP contribution < -0.4 is 5.32 Å². The largest absolute Gasteiger partial charge is 0.308 e. The zero-order chi connectivity index (χ0) is 14.4. The second-order valence-electron chi connectivity index (χ2n) is 5.89. The molecule has 2 rings (SSSR count). The lowest BCUT2D eigenvalue weighted by molar-refractivity contribution is 0.0905. The van der Waals surface area contributed by atoms with Crippen molar-refractivity contribution in [2.75, 3.05) is 31.1 Å². The lowest BCUT2D eigenvalue weighted by Gasteiger charge is -2.46. The zero-order valence-electron chi connectivity index (χ0n) is 13.1. The summed E-state index contributed by atoms with van der Waals surface area (Å²) in [7, 11) is 0. The van der Waals surface area contributed by atoms with E-state index in [0.29, 0.717) is 6.04 Å². The van der Waals surface area contributed by atoms with E-state index in [9.17, 15) is 0 Å². The van der Waals surface area contributed by atoms with Gasteiger partial charge in [-0.25, -0.2) is 0 Å². The Morgan fingerprint density at radius 3 is 2.70 bits per heavy atom. The van der Waals surface area contributed by atoms with Crippen molar-refractivity contribution in [3.8, 4) is 0 Å². The van der Waals surface area contributed by atoms with Gasteiger partial charge >= 0.3 is 0 Å². The lowest BCUT2D eigenvalue weighted by atomic mass is 9.91. The topological polar surface area (TPSA) is 15.3 Å². The number of nitrogens with one attached hydrogen (secondary N) is 1. The van der Waals surface area contributed by atoms with E-state index < -0.39 is 0 Å². The van der Waals surface area contributed by atoms with Crippen LogP contribution in [0.15, 0.2) is 30.3 Å². The van der Waals surface area contributed by atoms with Crippen LogP contribution in [0.3, 0.4) is 0 Å². The summed E-state index contributed by atoms with van der Waals surface area (Å²) in [5.41, 5.74) is 1.71. The highest BCUT2D eigenvalue weighted by Gasteiger charge is 2.34. The third-order valence-electron chi connectivity index (χ3n) is 4.41. The van der Waals surface area contributed by atoms with Gasteiger partial charge in [0.05, 0.1) is 0 Å². The Balaban J connectivity index is 2.08. The summed E-state index contributed by atoms with van der Waals surface area (Å²) in [5, 5.41) is 3.77. The number of rotatable bonds is 6. The maximum Gasteiger partial charge on any atom is 0.0473 e. The molecule has 0 bridgehead atoms. The number of piperazine rings is 1. The van der Waals surface area contributed by atoms with Gasteiger partial charge in [-0.2, -0.15) is 11.8 Å². The minimum Gasteiger partial charge on any atom is -0.308 e. The van der Waals surface area contributed by atoms with E-state index in [4.69, 9.17) is 0 Å². The summed E-state index contributed by atoms with van der Waals surface area (Å²) in [6.07, 6.45) is 1.19. The average molecular weight is 292 g/mol. The normalized spacial score (nSPS) is 27.6. The second-order valence-corrected chi connectivity index (χ2v) is 7.28. The maximum atomic E-state index is 3.77.